The van der Waals surface area contributed by atoms with Gasteiger partial charge in [0.1, 0.15) is 0 Å². The highest BCUT2D eigenvalue weighted by molar-refractivity contribution is 6.73. The van der Waals surface area contributed by atoms with Gasteiger partial charge in [0.05, 0.1) is 13.2 Å². The van der Waals surface area contributed by atoms with Crippen LogP contribution >= 0.6 is 0 Å². The second-order valence-corrected chi connectivity index (χ2v) is 11.6. The quantitative estimate of drug-likeness (QED) is 0.178. The minimum absolute atomic E-state index is 0.758. The molecular formula is C21H46O2Si. The lowest BCUT2D eigenvalue weighted by Gasteiger charge is -2.32. The zero-order valence-corrected chi connectivity index (χ0v) is 18.3. The number of hydrogen-bond acceptors (Lipinski definition) is 2. The van der Waals surface area contributed by atoms with Crippen LogP contribution in [0.25, 0.3) is 0 Å². The summed E-state index contributed by atoms with van der Waals surface area (Å²) in [5.41, 5.74) is 0. The molecule has 0 aliphatic heterocycles. The van der Waals surface area contributed by atoms with E-state index in [4.69, 9.17) is 9.16 Å². The second kappa shape index (κ2) is 17.9. The average molecular weight is 359 g/mol. The predicted octanol–water partition coefficient (Wildman–Crippen LogP) is 7.34. The third-order valence-electron chi connectivity index (χ3n) is 5.15. The van der Waals surface area contributed by atoms with E-state index in [2.05, 4.69) is 20.8 Å². The summed E-state index contributed by atoms with van der Waals surface area (Å²) in [5.74, 6) is 0. The van der Waals surface area contributed by atoms with Crippen LogP contribution in [0.3, 0.4) is 0 Å². The van der Waals surface area contributed by atoms with Gasteiger partial charge in [0, 0.05) is 7.11 Å². The molecule has 0 radical (unpaired) electrons. The van der Waals surface area contributed by atoms with Gasteiger partial charge in [-0.2, -0.15) is 0 Å². The molecule has 0 saturated carbocycles. The first-order chi connectivity index (χ1) is 11.7. The van der Waals surface area contributed by atoms with Crippen molar-refractivity contribution < 1.29 is 9.16 Å². The molecule has 0 aliphatic carbocycles. The number of ether oxygens (including phenoxy) is 1. The van der Waals surface area contributed by atoms with Crippen LogP contribution in [0.4, 0.5) is 0 Å². The summed E-state index contributed by atoms with van der Waals surface area (Å²) in [6, 6.07) is 4.15. The van der Waals surface area contributed by atoms with Crippen molar-refractivity contribution in [2.24, 2.45) is 0 Å². The fraction of sp³-hybridized carbons (Fsp3) is 1.00. The van der Waals surface area contributed by atoms with Crippen molar-refractivity contribution in [1.29, 1.82) is 0 Å². The minimum atomic E-state index is -1.56. The maximum Gasteiger partial charge on any atom is 0.192 e. The lowest BCUT2D eigenvalue weighted by atomic mass is 10.2. The van der Waals surface area contributed by atoms with E-state index in [1.165, 1.54) is 95.2 Å². The van der Waals surface area contributed by atoms with Crippen LogP contribution in [-0.2, 0) is 9.16 Å². The Morgan fingerprint density at radius 1 is 0.542 bits per heavy atom. The highest BCUT2D eigenvalue weighted by Crippen LogP contribution is 2.30. The van der Waals surface area contributed by atoms with Crippen LogP contribution < -0.4 is 0 Å². The summed E-state index contributed by atoms with van der Waals surface area (Å²) >= 11 is 0. The fourth-order valence-corrected chi connectivity index (χ4v) is 7.94. The molecule has 2 nitrogen and oxygen atoms in total. The minimum Gasteiger partial charge on any atom is -0.414 e. The van der Waals surface area contributed by atoms with E-state index in [1.807, 2.05) is 0 Å². The maximum absolute atomic E-state index is 6.62. The second-order valence-electron chi connectivity index (χ2n) is 7.46. The number of rotatable bonds is 19. The summed E-state index contributed by atoms with van der Waals surface area (Å²) in [7, 11) is 0.225. The molecule has 0 aliphatic rings. The molecule has 0 bridgehead atoms. The molecule has 0 rings (SSSR count). The van der Waals surface area contributed by atoms with Crippen molar-refractivity contribution in [2.45, 2.75) is 116 Å². The van der Waals surface area contributed by atoms with Crippen LogP contribution in [-0.4, -0.2) is 28.6 Å². The SMILES string of the molecule is CCCCCC[Si](CCCCCC)(CCCCCC)OCCOC. The molecule has 146 valence electrons. The van der Waals surface area contributed by atoms with Gasteiger partial charge < -0.3 is 9.16 Å². The molecule has 3 heteroatoms. The molecule has 0 atom stereocenters. The Morgan fingerprint density at radius 2 is 0.958 bits per heavy atom. The maximum atomic E-state index is 6.62. The normalized spacial score (nSPS) is 12.0. The van der Waals surface area contributed by atoms with Gasteiger partial charge in [0.15, 0.2) is 8.32 Å². The van der Waals surface area contributed by atoms with Gasteiger partial charge in [-0.15, -0.1) is 0 Å². The molecule has 0 aromatic heterocycles. The highest BCUT2D eigenvalue weighted by Gasteiger charge is 2.33. The smallest absolute Gasteiger partial charge is 0.192 e. The first kappa shape index (κ1) is 24.1. The van der Waals surface area contributed by atoms with Crippen molar-refractivity contribution in [2.75, 3.05) is 20.3 Å². The lowest BCUT2D eigenvalue weighted by molar-refractivity contribution is 0.140. The van der Waals surface area contributed by atoms with Crippen molar-refractivity contribution in [1.82, 2.24) is 0 Å². The van der Waals surface area contributed by atoms with Gasteiger partial charge in [0.25, 0.3) is 0 Å². The Bertz CT molecular complexity index is 215. The largest absolute Gasteiger partial charge is 0.414 e. The Morgan fingerprint density at radius 3 is 1.29 bits per heavy atom. The van der Waals surface area contributed by atoms with Crippen molar-refractivity contribution in [3.8, 4) is 0 Å². The third-order valence-corrected chi connectivity index (χ3v) is 9.76. The molecule has 0 aromatic rings. The summed E-state index contributed by atoms with van der Waals surface area (Å²) in [5, 5.41) is 0. The van der Waals surface area contributed by atoms with E-state index >= 15 is 0 Å². The van der Waals surface area contributed by atoms with E-state index in [9.17, 15) is 0 Å². The van der Waals surface area contributed by atoms with Crippen molar-refractivity contribution >= 4 is 8.32 Å². The van der Waals surface area contributed by atoms with E-state index < -0.39 is 8.32 Å². The molecule has 24 heavy (non-hydrogen) atoms. The topological polar surface area (TPSA) is 18.5 Å². The van der Waals surface area contributed by atoms with Crippen LogP contribution in [0.1, 0.15) is 97.8 Å². The summed E-state index contributed by atoms with van der Waals surface area (Å²) in [6.07, 6.45) is 16.5. The standard InChI is InChI=1S/C21H46O2Si/c1-5-8-11-14-19-24(23-18-17-22-4,20-15-12-9-6-2)21-16-13-10-7-3/h5-21H2,1-4H3. The number of unbranched alkanes of at least 4 members (excludes halogenated alkanes) is 9. The van der Waals surface area contributed by atoms with Gasteiger partial charge >= 0.3 is 0 Å². The zero-order chi connectivity index (χ0) is 17.9. The molecule has 0 unspecified atom stereocenters. The first-order valence-electron chi connectivity index (χ1n) is 10.9. The van der Waals surface area contributed by atoms with Crippen LogP contribution in [0, 0.1) is 0 Å². The van der Waals surface area contributed by atoms with Crippen LogP contribution in [0.5, 0.6) is 0 Å². The van der Waals surface area contributed by atoms with Gasteiger partial charge in [-0.3, -0.25) is 0 Å². The predicted molar refractivity (Wildman–Crippen MR) is 110 cm³/mol. The zero-order valence-electron chi connectivity index (χ0n) is 17.3. The van der Waals surface area contributed by atoms with E-state index in [0.29, 0.717) is 0 Å². The van der Waals surface area contributed by atoms with Gasteiger partial charge in [-0.1, -0.05) is 97.8 Å². The number of hydrogen-bond donors (Lipinski definition) is 0. The Labute approximate surface area is 154 Å². The van der Waals surface area contributed by atoms with E-state index in [-0.39, 0.29) is 0 Å². The summed E-state index contributed by atoms with van der Waals surface area (Å²) in [6.45, 7) is 8.48. The van der Waals surface area contributed by atoms with Crippen LogP contribution in [0.15, 0.2) is 0 Å². The monoisotopic (exact) mass is 358 g/mol. The molecule has 0 amide bonds. The molecule has 0 spiro atoms. The van der Waals surface area contributed by atoms with Gasteiger partial charge in [0.2, 0.25) is 0 Å². The Kier molecular flexibility index (Phi) is 18.0. The summed E-state index contributed by atoms with van der Waals surface area (Å²) < 4.78 is 11.9. The van der Waals surface area contributed by atoms with E-state index in [0.717, 1.165) is 13.2 Å². The Balaban J connectivity index is 4.58. The lowest BCUT2D eigenvalue weighted by Crippen LogP contribution is -2.39. The van der Waals surface area contributed by atoms with Crippen molar-refractivity contribution in [3.63, 3.8) is 0 Å². The van der Waals surface area contributed by atoms with E-state index in [1.54, 1.807) is 7.11 Å². The molecule has 0 fully saturated rings. The van der Waals surface area contributed by atoms with Crippen LogP contribution in [0.2, 0.25) is 18.1 Å². The molecule has 0 N–H and O–H groups in total. The average Bonchev–Trinajstić information content (AvgIpc) is 2.60. The van der Waals surface area contributed by atoms with Crippen molar-refractivity contribution in [3.05, 3.63) is 0 Å². The summed E-state index contributed by atoms with van der Waals surface area (Å²) in [4.78, 5) is 0. The molecule has 0 heterocycles. The highest BCUT2D eigenvalue weighted by atomic mass is 28.4. The molecular weight excluding hydrogens is 312 g/mol. The first-order valence-corrected chi connectivity index (χ1v) is 13.4. The fourth-order valence-electron chi connectivity index (χ4n) is 3.55. The third kappa shape index (κ3) is 13.4. The van der Waals surface area contributed by atoms with Gasteiger partial charge in [-0.25, -0.2) is 0 Å². The van der Waals surface area contributed by atoms with Gasteiger partial charge in [-0.05, 0) is 18.1 Å². The molecule has 0 aromatic carbocycles. The Hall–Kier alpha value is 0.137. The number of methoxy groups -OCH3 is 1. The molecule has 0 saturated heterocycles.